The lowest BCUT2D eigenvalue weighted by Crippen LogP contribution is -2.26. The van der Waals surface area contributed by atoms with Crippen LogP contribution < -0.4 is 10.2 Å². The van der Waals surface area contributed by atoms with Crippen LogP contribution in [0.25, 0.3) is 0 Å². The van der Waals surface area contributed by atoms with Gasteiger partial charge < -0.3 is 4.74 Å². The number of nitrogens with one attached hydrogen (secondary N) is 1. The van der Waals surface area contributed by atoms with E-state index in [-0.39, 0.29) is 5.91 Å². The number of ether oxygens (including phenoxy) is 1. The van der Waals surface area contributed by atoms with Gasteiger partial charge in [0.2, 0.25) is 0 Å². The van der Waals surface area contributed by atoms with Crippen molar-refractivity contribution in [1.82, 2.24) is 5.43 Å². The second kappa shape index (κ2) is 11.1. The number of carbonyl (C=O) groups excluding carboxylic acids is 1. The third-order valence-electron chi connectivity index (χ3n) is 5.12. The minimum Gasteiger partial charge on any atom is -0.489 e. The van der Waals surface area contributed by atoms with Crippen LogP contribution in [0.4, 0.5) is 0 Å². The number of carbonyl (C=O) groups is 1. The van der Waals surface area contributed by atoms with Crippen LogP contribution in [-0.2, 0) is 11.4 Å². The molecule has 0 aliphatic heterocycles. The Hall–Kier alpha value is -3.89. The summed E-state index contributed by atoms with van der Waals surface area (Å²) in [6.45, 7) is 0.459. The second-order valence-corrected chi connectivity index (χ2v) is 7.91. The van der Waals surface area contributed by atoms with E-state index < -0.39 is 5.92 Å². The first-order valence-corrected chi connectivity index (χ1v) is 11.0. The fourth-order valence-corrected chi connectivity index (χ4v) is 3.54. The van der Waals surface area contributed by atoms with E-state index in [2.05, 4.69) is 10.5 Å². The molecule has 0 spiro atoms. The molecule has 0 aliphatic carbocycles. The summed E-state index contributed by atoms with van der Waals surface area (Å²) in [5.74, 6) is 0.124. The van der Waals surface area contributed by atoms with Gasteiger partial charge in [-0.1, -0.05) is 84.4 Å². The van der Waals surface area contributed by atoms with E-state index in [1.807, 2.05) is 109 Å². The zero-order chi connectivity index (χ0) is 22.9. The van der Waals surface area contributed by atoms with Crippen LogP contribution in [-0.4, -0.2) is 12.1 Å². The molecule has 0 aromatic heterocycles. The summed E-state index contributed by atoms with van der Waals surface area (Å²) < 4.78 is 5.80. The van der Waals surface area contributed by atoms with Crippen molar-refractivity contribution in [3.05, 3.63) is 136 Å². The predicted octanol–water partition coefficient (Wildman–Crippen LogP) is 6.20. The molecule has 0 saturated heterocycles. The molecule has 33 heavy (non-hydrogen) atoms. The average Bonchev–Trinajstić information content (AvgIpc) is 2.86. The summed E-state index contributed by atoms with van der Waals surface area (Å²) in [5, 5.41) is 4.87. The highest BCUT2D eigenvalue weighted by Gasteiger charge is 2.22. The quantitative estimate of drug-likeness (QED) is 0.254. The fraction of sp³-hybridized carbons (Fsp3) is 0.0714. The number of hydrogen-bond acceptors (Lipinski definition) is 3. The van der Waals surface area contributed by atoms with Crippen molar-refractivity contribution in [2.45, 2.75) is 12.5 Å². The van der Waals surface area contributed by atoms with Crippen LogP contribution in [0.15, 0.2) is 114 Å². The van der Waals surface area contributed by atoms with Gasteiger partial charge in [-0.25, -0.2) is 5.43 Å². The topological polar surface area (TPSA) is 50.7 Å². The van der Waals surface area contributed by atoms with E-state index in [0.29, 0.717) is 11.6 Å². The van der Waals surface area contributed by atoms with Gasteiger partial charge in [-0.15, -0.1) is 0 Å². The first-order chi connectivity index (χ1) is 16.2. The normalized spacial score (nSPS) is 11.0. The van der Waals surface area contributed by atoms with E-state index >= 15 is 0 Å². The lowest BCUT2D eigenvalue weighted by atomic mass is 9.91. The van der Waals surface area contributed by atoms with E-state index in [0.717, 1.165) is 28.0 Å². The lowest BCUT2D eigenvalue weighted by molar-refractivity contribution is -0.121. The minimum atomic E-state index is -0.437. The molecule has 1 N–H and O–H groups in total. The summed E-state index contributed by atoms with van der Waals surface area (Å²) in [5.41, 5.74) is 6.41. The van der Waals surface area contributed by atoms with Crippen LogP contribution in [0, 0.1) is 0 Å². The molecule has 4 nitrogen and oxygen atoms in total. The van der Waals surface area contributed by atoms with Crippen molar-refractivity contribution in [2.24, 2.45) is 5.10 Å². The molecule has 0 saturated carbocycles. The molecule has 0 fully saturated rings. The van der Waals surface area contributed by atoms with Crippen molar-refractivity contribution in [3.8, 4) is 5.75 Å². The van der Waals surface area contributed by atoms with Crippen molar-refractivity contribution in [1.29, 1.82) is 0 Å². The molecule has 1 amide bonds. The smallest absolute Gasteiger partial charge is 0.252 e. The van der Waals surface area contributed by atoms with Gasteiger partial charge in [-0.05, 0) is 58.7 Å². The van der Waals surface area contributed by atoms with E-state index in [1.54, 1.807) is 6.21 Å². The Morgan fingerprint density at radius 2 is 1.39 bits per heavy atom. The van der Waals surface area contributed by atoms with Crippen molar-refractivity contribution >= 4 is 23.7 Å². The van der Waals surface area contributed by atoms with Gasteiger partial charge in [-0.2, -0.15) is 5.10 Å². The third kappa shape index (κ3) is 6.31. The Kier molecular flexibility index (Phi) is 7.52. The van der Waals surface area contributed by atoms with Gasteiger partial charge in [0.15, 0.2) is 0 Å². The maximum atomic E-state index is 13.0. The number of halogens is 1. The SMILES string of the molecule is O=C(N/N=C/c1ccc(OCc2ccc(Cl)cc2)cc1)C(c1ccccc1)c1ccccc1. The Bertz CT molecular complexity index is 1150. The molecule has 0 bridgehead atoms. The summed E-state index contributed by atoms with van der Waals surface area (Å²) in [6, 6.07) is 34.4. The van der Waals surface area contributed by atoms with Gasteiger partial charge in [-0.3, -0.25) is 4.79 Å². The lowest BCUT2D eigenvalue weighted by Gasteiger charge is -2.16. The Balaban J connectivity index is 1.37. The summed E-state index contributed by atoms with van der Waals surface area (Å²) >= 11 is 5.91. The number of hydrazone groups is 1. The molecular weight excluding hydrogens is 432 g/mol. The molecule has 0 unspecified atom stereocenters. The second-order valence-electron chi connectivity index (χ2n) is 7.47. The van der Waals surface area contributed by atoms with E-state index in [9.17, 15) is 4.79 Å². The monoisotopic (exact) mass is 454 g/mol. The van der Waals surface area contributed by atoms with Crippen molar-refractivity contribution in [3.63, 3.8) is 0 Å². The standard InChI is InChI=1S/C28H23ClN2O2/c29-25-15-11-22(12-16-25)20-33-26-17-13-21(14-18-26)19-30-31-28(32)27(23-7-3-1-4-8-23)24-9-5-2-6-10-24/h1-19,27H,20H2,(H,31,32)/b30-19+. The largest absolute Gasteiger partial charge is 0.489 e. The number of hydrogen-bond donors (Lipinski definition) is 1. The summed E-state index contributed by atoms with van der Waals surface area (Å²) in [4.78, 5) is 13.0. The van der Waals surface area contributed by atoms with Gasteiger partial charge in [0.05, 0.1) is 12.1 Å². The first kappa shape index (κ1) is 22.3. The Morgan fingerprint density at radius 3 is 1.97 bits per heavy atom. The van der Waals surface area contributed by atoms with Gasteiger partial charge in [0.1, 0.15) is 12.4 Å². The van der Waals surface area contributed by atoms with Crippen LogP contribution in [0.5, 0.6) is 5.75 Å². The van der Waals surface area contributed by atoms with Crippen LogP contribution in [0.3, 0.4) is 0 Å². The molecule has 4 rings (SSSR count). The summed E-state index contributed by atoms with van der Waals surface area (Å²) in [7, 11) is 0. The van der Waals surface area contributed by atoms with Crippen molar-refractivity contribution in [2.75, 3.05) is 0 Å². The fourth-order valence-electron chi connectivity index (χ4n) is 3.42. The molecule has 5 heteroatoms. The molecule has 4 aromatic carbocycles. The Morgan fingerprint density at radius 1 is 0.818 bits per heavy atom. The van der Waals surface area contributed by atoms with Crippen LogP contribution >= 0.6 is 11.6 Å². The van der Waals surface area contributed by atoms with Crippen molar-refractivity contribution < 1.29 is 9.53 Å². The molecule has 0 radical (unpaired) electrons. The number of nitrogens with zero attached hydrogens (tertiary/aromatic N) is 1. The molecule has 4 aromatic rings. The highest BCUT2D eigenvalue weighted by atomic mass is 35.5. The number of amides is 1. The van der Waals surface area contributed by atoms with E-state index in [4.69, 9.17) is 16.3 Å². The van der Waals surface area contributed by atoms with Crippen LogP contribution in [0.1, 0.15) is 28.2 Å². The molecule has 0 heterocycles. The van der Waals surface area contributed by atoms with Crippen LogP contribution in [0.2, 0.25) is 5.02 Å². The maximum Gasteiger partial charge on any atom is 0.252 e. The van der Waals surface area contributed by atoms with Gasteiger partial charge >= 0.3 is 0 Å². The molecule has 0 atom stereocenters. The molecule has 164 valence electrons. The third-order valence-corrected chi connectivity index (χ3v) is 5.37. The predicted molar refractivity (Wildman–Crippen MR) is 133 cm³/mol. The zero-order valence-electron chi connectivity index (χ0n) is 17.9. The minimum absolute atomic E-state index is 0.188. The zero-order valence-corrected chi connectivity index (χ0v) is 18.7. The highest BCUT2D eigenvalue weighted by Crippen LogP contribution is 2.24. The average molecular weight is 455 g/mol. The summed E-state index contributed by atoms with van der Waals surface area (Å²) in [6.07, 6.45) is 1.62. The molecular formula is C28H23ClN2O2. The molecule has 0 aliphatic rings. The Labute approximate surface area is 198 Å². The highest BCUT2D eigenvalue weighted by molar-refractivity contribution is 6.30. The first-order valence-electron chi connectivity index (χ1n) is 10.6. The number of rotatable bonds is 8. The van der Waals surface area contributed by atoms with Gasteiger partial charge in [0, 0.05) is 5.02 Å². The van der Waals surface area contributed by atoms with E-state index in [1.165, 1.54) is 0 Å². The maximum absolute atomic E-state index is 13.0. The van der Waals surface area contributed by atoms with Gasteiger partial charge in [0.25, 0.3) is 5.91 Å². The number of benzene rings is 4.